The van der Waals surface area contributed by atoms with Gasteiger partial charge in [-0.15, -0.1) is 0 Å². The molecule has 0 N–H and O–H groups in total. The van der Waals surface area contributed by atoms with Crippen molar-refractivity contribution < 1.29 is 18.7 Å². The molecule has 0 spiro atoms. The van der Waals surface area contributed by atoms with Crippen molar-refractivity contribution in [2.75, 3.05) is 13.2 Å². The largest absolute Gasteiger partial charge is 0.478 e. The quantitative estimate of drug-likeness (QED) is 0.124. The lowest BCUT2D eigenvalue weighted by Crippen LogP contribution is -2.04. The molecule has 0 unspecified atom stereocenters. The molecule has 0 saturated heterocycles. The summed E-state index contributed by atoms with van der Waals surface area (Å²) in [6.07, 6.45) is 14.0. The first kappa shape index (κ1) is 29.4. The maximum absolute atomic E-state index is 12.7. The van der Waals surface area contributed by atoms with Crippen molar-refractivity contribution >= 4 is 17.1 Å². The molecule has 0 aliphatic carbocycles. The van der Waals surface area contributed by atoms with Gasteiger partial charge in [-0.1, -0.05) is 89.5 Å². The standard InChI is InChI=1S/C32H43NO5/c1-3-5-12-15-25-16-18-26(19-17-25)28-24-27-20-21-29(33-31(27)38-32(28)35)36-22-13-10-8-6-7-9-11-14-23-37-30(34)4-2/h16-21,24H,3-15,22-23H2,1-2H3. The highest BCUT2D eigenvalue weighted by Gasteiger charge is 2.10. The smallest absolute Gasteiger partial charge is 0.345 e. The highest BCUT2D eigenvalue weighted by Crippen LogP contribution is 2.23. The van der Waals surface area contributed by atoms with Crippen LogP contribution in [0.15, 0.2) is 51.7 Å². The molecular weight excluding hydrogens is 478 g/mol. The molecule has 0 atom stereocenters. The second-order valence-corrected chi connectivity index (χ2v) is 9.90. The molecule has 6 nitrogen and oxygen atoms in total. The van der Waals surface area contributed by atoms with Gasteiger partial charge in [-0.2, -0.15) is 4.98 Å². The first-order chi connectivity index (χ1) is 18.6. The van der Waals surface area contributed by atoms with Crippen LogP contribution in [-0.2, 0) is 16.0 Å². The van der Waals surface area contributed by atoms with Crippen molar-refractivity contribution in [2.24, 2.45) is 0 Å². The number of benzene rings is 1. The molecule has 2 heterocycles. The average molecular weight is 522 g/mol. The highest BCUT2D eigenvalue weighted by atomic mass is 16.5. The molecule has 0 aliphatic heterocycles. The molecule has 0 fully saturated rings. The van der Waals surface area contributed by atoms with Crippen LogP contribution in [0.5, 0.6) is 5.88 Å². The van der Waals surface area contributed by atoms with Crippen LogP contribution in [0.25, 0.3) is 22.2 Å². The van der Waals surface area contributed by atoms with E-state index in [1.807, 2.05) is 37.3 Å². The molecule has 1 aromatic carbocycles. The van der Waals surface area contributed by atoms with Gasteiger partial charge < -0.3 is 13.9 Å². The fourth-order valence-corrected chi connectivity index (χ4v) is 4.42. The molecule has 3 aromatic rings. The number of hydrogen-bond acceptors (Lipinski definition) is 6. The number of unbranched alkanes of at least 4 members (excludes halogenated alkanes) is 9. The topological polar surface area (TPSA) is 78.6 Å². The highest BCUT2D eigenvalue weighted by molar-refractivity contribution is 5.79. The van der Waals surface area contributed by atoms with E-state index in [1.54, 1.807) is 0 Å². The SMILES string of the molecule is CCCCCc1ccc(-c2cc3ccc(OCCCCCCCCCCOC(=O)CC)nc3oc2=O)cc1. The summed E-state index contributed by atoms with van der Waals surface area (Å²) in [6.45, 7) is 5.16. The van der Waals surface area contributed by atoms with Crippen LogP contribution in [0.4, 0.5) is 0 Å². The number of aryl methyl sites for hydroxylation is 1. The lowest BCUT2D eigenvalue weighted by Gasteiger charge is -2.07. The minimum absolute atomic E-state index is 0.112. The van der Waals surface area contributed by atoms with Crippen LogP contribution >= 0.6 is 0 Å². The normalized spacial score (nSPS) is 11.1. The predicted octanol–water partition coefficient (Wildman–Crippen LogP) is 8.04. The van der Waals surface area contributed by atoms with Crippen molar-refractivity contribution in [1.82, 2.24) is 4.98 Å². The van der Waals surface area contributed by atoms with E-state index in [0.717, 1.165) is 43.1 Å². The minimum Gasteiger partial charge on any atom is -0.478 e. The number of carbonyl (C=O) groups is 1. The van der Waals surface area contributed by atoms with Crippen LogP contribution in [0.1, 0.15) is 96.5 Å². The Morgan fingerprint density at radius 1 is 0.816 bits per heavy atom. The summed E-state index contributed by atoms with van der Waals surface area (Å²) in [5.74, 6) is 0.368. The lowest BCUT2D eigenvalue weighted by atomic mass is 10.0. The van der Waals surface area contributed by atoms with E-state index < -0.39 is 0 Å². The summed E-state index contributed by atoms with van der Waals surface area (Å²) in [4.78, 5) is 28.2. The van der Waals surface area contributed by atoms with Gasteiger partial charge in [-0.05, 0) is 48.9 Å². The zero-order valence-electron chi connectivity index (χ0n) is 23.1. The van der Waals surface area contributed by atoms with E-state index in [2.05, 4.69) is 24.0 Å². The van der Waals surface area contributed by atoms with Crippen LogP contribution in [0, 0.1) is 0 Å². The molecule has 38 heavy (non-hydrogen) atoms. The van der Waals surface area contributed by atoms with E-state index in [1.165, 1.54) is 50.5 Å². The summed E-state index contributed by atoms with van der Waals surface area (Å²) in [6, 6.07) is 13.8. The zero-order chi connectivity index (χ0) is 27.0. The number of ether oxygens (including phenoxy) is 2. The van der Waals surface area contributed by atoms with Crippen molar-refractivity contribution in [3.8, 4) is 17.0 Å². The number of pyridine rings is 1. The third kappa shape index (κ3) is 9.96. The third-order valence-corrected chi connectivity index (χ3v) is 6.75. The van der Waals surface area contributed by atoms with Gasteiger partial charge in [0.25, 0.3) is 0 Å². The van der Waals surface area contributed by atoms with Gasteiger partial charge in [0.1, 0.15) is 0 Å². The molecule has 0 radical (unpaired) electrons. The Bertz CT molecular complexity index is 1170. The van der Waals surface area contributed by atoms with Gasteiger partial charge in [0.15, 0.2) is 0 Å². The molecule has 0 amide bonds. The monoisotopic (exact) mass is 521 g/mol. The van der Waals surface area contributed by atoms with E-state index >= 15 is 0 Å². The summed E-state index contributed by atoms with van der Waals surface area (Å²) < 4.78 is 16.4. The van der Waals surface area contributed by atoms with Crippen molar-refractivity contribution in [3.63, 3.8) is 0 Å². The fraction of sp³-hybridized carbons (Fsp3) is 0.531. The molecule has 3 rings (SSSR count). The Kier molecular flexibility index (Phi) is 12.9. The Hall–Kier alpha value is -3.15. The van der Waals surface area contributed by atoms with Crippen LogP contribution in [-0.4, -0.2) is 24.2 Å². The number of carbonyl (C=O) groups excluding carboxylic acids is 1. The summed E-state index contributed by atoms with van der Waals surface area (Å²) in [5, 5.41) is 0.780. The van der Waals surface area contributed by atoms with Crippen LogP contribution in [0.3, 0.4) is 0 Å². The van der Waals surface area contributed by atoms with Crippen LogP contribution in [0.2, 0.25) is 0 Å². The van der Waals surface area contributed by atoms with Gasteiger partial charge in [-0.3, -0.25) is 4.79 Å². The van der Waals surface area contributed by atoms with Crippen LogP contribution < -0.4 is 10.4 Å². The first-order valence-electron chi connectivity index (χ1n) is 14.4. The number of esters is 1. The third-order valence-electron chi connectivity index (χ3n) is 6.75. The lowest BCUT2D eigenvalue weighted by molar-refractivity contribution is -0.143. The predicted molar refractivity (Wildman–Crippen MR) is 153 cm³/mol. The maximum atomic E-state index is 12.7. The summed E-state index contributed by atoms with van der Waals surface area (Å²) in [7, 11) is 0. The molecule has 0 aliphatic rings. The molecule has 2 aromatic heterocycles. The molecule has 206 valence electrons. The van der Waals surface area contributed by atoms with E-state index in [-0.39, 0.29) is 11.6 Å². The first-order valence-corrected chi connectivity index (χ1v) is 14.4. The summed E-state index contributed by atoms with van der Waals surface area (Å²) in [5.41, 5.74) is 2.62. The fourth-order valence-electron chi connectivity index (χ4n) is 4.42. The second kappa shape index (κ2) is 16.6. The minimum atomic E-state index is -0.386. The number of hydrogen-bond donors (Lipinski definition) is 0. The average Bonchev–Trinajstić information content (AvgIpc) is 2.93. The molecule has 6 heteroatoms. The summed E-state index contributed by atoms with van der Waals surface area (Å²) >= 11 is 0. The zero-order valence-corrected chi connectivity index (χ0v) is 23.1. The van der Waals surface area contributed by atoms with E-state index in [4.69, 9.17) is 13.9 Å². The van der Waals surface area contributed by atoms with Crippen molar-refractivity contribution in [1.29, 1.82) is 0 Å². The van der Waals surface area contributed by atoms with Gasteiger partial charge in [0.2, 0.25) is 11.6 Å². The number of rotatable bonds is 18. The second-order valence-electron chi connectivity index (χ2n) is 9.90. The Morgan fingerprint density at radius 3 is 2.18 bits per heavy atom. The Morgan fingerprint density at radius 2 is 1.50 bits per heavy atom. The molecular formula is C32H43NO5. The number of fused-ring (bicyclic) bond motifs is 1. The van der Waals surface area contributed by atoms with Gasteiger partial charge in [-0.25, -0.2) is 4.79 Å². The van der Waals surface area contributed by atoms with Gasteiger partial charge in [0, 0.05) is 17.9 Å². The molecule has 0 bridgehead atoms. The Labute approximate surface area is 226 Å². The number of aromatic nitrogens is 1. The van der Waals surface area contributed by atoms with Gasteiger partial charge >= 0.3 is 11.6 Å². The van der Waals surface area contributed by atoms with Gasteiger partial charge in [0.05, 0.1) is 18.8 Å². The maximum Gasteiger partial charge on any atom is 0.345 e. The number of nitrogens with zero attached hydrogens (tertiary/aromatic N) is 1. The van der Waals surface area contributed by atoms with E-state index in [9.17, 15) is 9.59 Å². The van der Waals surface area contributed by atoms with E-state index in [0.29, 0.717) is 36.8 Å². The van der Waals surface area contributed by atoms with Crippen molar-refractivity contribution in [3.05, 3.63) is 58.4 Å². The Balaban J connectivity index is 1.37. The van der Waals surface area contributed by atoms with Crippen molar-refractivity contribution in [2.45, 2.75) is 97.3 Å². The molecule has 0 saturated carbocycles.